The molecule has 1 aliphatic heterocycles. The highest BCUT2D eigenvalue weighted by molar-refractivity contribution is 5.79. The molecule has 20 heavy (non-hydrogen) atoms. The first-order valence-corrected chi connectivity index (χ1v) is 6.91. The molecule has 0 aromatic heterocycles. The first-order valence-electron chi connectivity index (χ1n) is 6.91. The van der Waals surface area contributed by atoms with Crippen molar-refractivity contribution >= 4 is 5.90 Å². The Labute approximate surface area is 119 Å². The van der Waals surface area contributed by atoms with Crippen molar-refractivity contribution in [2.24, 2.45) is 4.99 Å². The molecule has 2 aromatic carbocycles. The second kappa shape index (κ2) is 6.35. The van der Waals surface area contributed by atoms with Gasteiger partial charge in [-0.3, -0.25) is 0 Å². The molecule has 1 unspecified atom stereocenters. The van der Waals surface area contributed by atoms with E-state index in [9.17, 15) is 0 Å². The Morgan fingerprint density at radius 2 is 1.65 bits per heavy atom. The third-order valence-electron chi connectivity index (χ3n) is 3.34. The smallest absolute Gasteiger partial charge is 0.198 e. The maximum atomic E-state index is 5.65. The highest BCUT2D eigenvalue weighted by atomic mass is 16.5. The fraction of sp³-hybridized carbons (Fsp3) is 0.235. The van der Waals surface area contributed by atoms with Gasteiger partial charge in [-0.1, -0.05) is 60.7 Å². The average molecular weight is 266 g/mol. The van der Waals surface area contributed by atoms with Gasteiger partial charge >= 0.3 is 0 Å². The largest absolute Gasteiger partial charge is 0.477 e. The van der Waals surface area contributed by atoms with Crippen molar-refractivity contribution in [2.75, 3.05) is 13.2 Å². The zero-order chi connectivity index (χ0) is 13.6. The first-order chi connectivity index (χ1) is 9.92. The lowest BCUT2D eigenvalue weighted by molar-refractivity contribution is 0.312. The predicted octanol–water partition coefficient (Wildman–Crippen LogP) is 2.95. The Balaban J connectivity index is 1.52. The summed E-state index contributed by atoms with van der Waals surface area (Å²) in [6, 6.07) is 20.8. The fourth-order valence-corrected chi connectivity index (χ4v) is 2.28. The molecule has 3 heteroatoms. The van der Waals surface area contributed by atoms with Crippen LogP contribution in [-0.2, 0) is 11.3 Å². The van der Waals surface area contributed by atoms with Crippen LogP contribution < -0.4 is 5.32 Å². The lowest BCUT2D eigenvalue weighted by atomic mass is 10.1. The summed E-state index contributed by atoms with van der Waals surface area (Å²) in [6.07, 6.45) is 0. The van der Waals surface area contributed by atoms with Crippen molar-refractivity contribution in [3.05, 3.63) is 71.8 Å². The summed E-state index contributed by atoms with van der Waals surface area (Å²) in [5.41, 5.74) is 2.48. The Hall–Kier alpha value is -2.13. The Kier molecular flexibility index (Phi) is 4.09. The molecular weight excluding hydrogens is 248 g/mol. The zero-order valence-electron chi connectivity index (χ0n) is 11.3. The van der Waals surface area contributed by atoms with Gasteiger partial charge in [0, 0.05) is 6.54 Å². The van der Waals surface area contributed by atoms with Crippen LogP contribution in [0.25, 0.3) is 0 Å². The van der Waals surface area contributed by atoms with Crippen molar-refractivity contribution in [3.8, 4) is 0 Å². The van der Waals surface area contributed by atoms with E-state index >= 15 is 0 Å². The first kappa shape index (κ1) is 12.9. The number of hydrogen-bond donors (Lipinski definition) is 1. The molecule has 3 rings (SSSR count). The molecular formula is C17H18N2O. The van der Waals surface area contributed by atoms with Gasteiger partial charge in [0.05, 0.1) is 6.54 Å². The normalized spacial score (nSPS) is 17.6. The van der Waals surface area contributed by atoms with E-state index in [0.29, 0.717) is 13.2 Å². The molecule has 1 aliphatic rings. The summed E-state index contributed by atoms with van der Waals surface area (Å²) in [4.78, 5) is 4.62. The van der Waals surface area contributed by atoms with Gasteiger partial charge in [0.2, 0.25) is 0 Å². The lowest BCUT2D eigenvalue weighted by Crippen LogP contribution is -2.22. The molecule has 102 valence electrons. The number of rotatable bonds is 5. The van der Waals surface area contributed by atoms with E-state index in [-0.39, 0.29) is 6.04 Å². The predicted molar refractivity (Wildman–Crippen MR) is 80.7 cm³/mol. The SMILES string of the molecule is c1ccc(CNCC2=NC(c3ccccc3)CO2)cc1. The number of benzene rings is 2. The van der Waals surface area contributed by atoms with Gasteiger partial charge in [-0.2, -0.15) is 0 Å². The molecule has 1 atom stereocenters. The molecule has 0 bridgehead atoms. The van der Waals surface area contributed by atoms with Crippen molar-refractivity contribution in [1.29, 1.82) is 0 Å². The summed E-state index contributed by atoms with van der Waals surface area (Å²) >= 11 is 0. The van der Waals surface area contributed by atoms with Crippen LogP contribution in [0.2, 0.25) is 0 Å². The molecule has 0 saturated heterocycles. The Morgan fingerprint density at radius 1 is 0.950 bits per heavy atom. The number of aliphatic imine (C=N–C) groups is 1. The van der Waals surface area contributed by atoms with Crippen LogP contribution in [0.1, 0.15) is 17.2 Å². The van der Waals surface area contributed by atoms with Crippen LogP contribution in [0.15, 0.2) is 65.7 Å². The van der Waals surface area contributed by atoms with E-state index in [4.69, 9.17) is 4.74 Å². The van der Waals surface area contributed by atoms with Crippen molar-refractivity contribution in [3.63, 3.8) is 0 Å². The van der Waals surface area contributed by atoms with E-state index in [1.807, 2.05) is 36.4 Å². The average Bonchev–Trinajstić information content (AvgIpc) is 2.98. The van der Waals surface area contributed by atoms with Crippen LogP contribution in [0.5, 0.6) is 0 Å². The maximum Gasteiger partial charge on any atom is 0.198 e. The van der Waals surface area contributed by atoms with Gasteiger partial charge in [0.15, 0.2) is 5.90 Å². The van der Waals surface area contributed by atoms with Crippen LogP contribution in [0, 0.1) is 0 Å². The summed E-state index contributed by atoms with van der Waals surface area (Å²) in [5.74, 6) is 0.801. The second-order valence-electron chi connectivity index (χ2n) is 4.85. The molecule has 1 heterocycles. The van der Waals surface area contributed by atoms with E-state index in [2.05, 4.69) is 34.6 Å². The minimum Gasteiger partial charge on any atom is -0.477 e. The number of nitrogens with zero attached hydrogens (tertiary/aromatic N) is 1. The van der Waals surface area contributed by atoms with Crippen LogP contribution in [-0.4, -0.2) is 19.0 Å². The Morgan fingerprint density at radius 3 is 2.40 bits per heavy atom. The molecule has 0 saturated carbocycles. The van der Waals surface area contributed by atoms with E-state index in [0.717, 1.165) is 12.4 Å². The number of ether oxygens (including phenoxy) is 1. The lowest BCUT2D eigenvalue weighted by Gasteiger charge is -2.04. The minimum atomic E-state index is 0.143. The standard InChI is InChI=1S/C17H18N2O/c1-3-7-14(8-4-1)11-18-12-17-19-16(13-20-17)15-9-5-2-6-10-15/h1-10,16,18H,11-13H2. The maximum absolute atomic E-state index is 5.65. The van der Waals surface area contributed by atoms with Gasteiger partial charge < -0.3 is 10.1 Å². The summed E-state index contributed by atoms with van der Waals surface area (Å²) in [5, 5.41) is 3.36. The van der Waals surface area contributed by atoms with Gasteiger partial charge in [-0.05, 0) is 11.1 Å². The summed E-state index contributed by atoms with van der Waals surface area (Å²) in [7, 11) is 0. The zero-order valence-corrected chi connectivity index (χ0v) is 11.3. The van der Waals surface area contributed by atoms with Gasteiger partial charge in [0.1, 0.15) is 12.6 Å². The summed E-state index contributed by atoms with van der Waals surface area (Å²) in [6.45, 7) is 2.16. The molecule has 1 N–H and O–H groups in total. The molecule has 0 aliphatic carbocycles. The molecule has 0 amide bonds. The quantitative estimate of drug-likeness (QED) is 0.902. The van der Waals surface area contributed by atoms with Gasteiger partial charge in [0.25, 0.3) is 0 Å². The van der Waals surface area contributed by atoms with E-state index < -0.39 is 0 Å². The van der Waals surface area contributed by atoms with Crippen LogP contribution in [0.3, 0.4) is 0 Å². The Bertz CT molecular complexity index is 566. The second-order valence-corrected chi connectivity index (χ2v) is 4.85. The van der Waals surface area contributed by atoms with Gasteiger partial charge in [-0.25, -0.2) is 4.99 Å². The molecule has 0 fully saturated rings. The summed E-state index contributed by atoms with van der Waals surface area (Å²) < 4.78 is 5.65. The van der Waals surface area contributed by atoms with E-state index in [1.165, 1.54) is 11.1 Å². The molecule has 0 spiro atoms. The third kappa shape index (κ3) is 3.25. The molecule has 2 aromatic rings. The fourth-order valence-electron chi connectivity index (χ4n) is 2.28. The monoisotopic (exact) mass is 266 g/mol. The topological polar surface area (TPSA) is 33.6 Å². The van der Waals surface area contributed by atoms with Crippen molar-refractivity contribution in [2.45, 2.75) is 12.6 Å². The molecule has 3 nitrogen and oxygen atoms in total. The van der Waals surface area contributed by atoms with Gasteiger partial charge in [-0.15, -0.1) is 0 Å². The molecule has 0 radical (unpaired) electrons. The number of nitrogens with one attached hydrogen (secondary N) is 1. The van der Waals surface area contributed by atoms with Crippen LogP contribution in [0.4, 0.5) is 0 Å². The van der Waals surface area contributed by atoms with Crippen molar-refractivity contribution in [1.82, 2.24) is 5.32 Å². The highest BCUT2D eigenvalue weighted by Crippen LogP contribution is 2.22. The third-order valence-corrected chi connectivity index (χ3v) is 3.34. The minimum absolute atomic E-state index is 0.143. The number of hydrogen-bond acceptors (Lipinski definition) is 3. The van der Waals surface area contributed by atoms with E-state index in [1.54, 1.807) is 0 Å². The van der Waals surface area contributed by atoms with Crippen molar-refractivity contribution < 1.29 is 4.74 Å². The van der Waals surface area contributed by atoms with Crippen LogP contribution >= 0.6 is 0 Å². The highest BCUT2D eigenvalue weighted by Gasteiger charge is 2.19.